The fourth-order valence-electron chi connectivity index (χ4n) is 2.78. The van der Waals surface area contributed by atoms with Gasteiger partial charge in [0, 0.05) is 12.7 Å². The number of nitrogens with zero attached hydrogens (tertiary/aromatic N) is 1. The van der Waals surface area contributed by atoms with Crippen molar-refractivity contribution in [1.82, 2.24) is 4.90 Å². The fourth-order valence-corrected chi connectivity index (χ4v) is 2.78. The van der Waals surface area contributed by atoms with Gasteiger partial charge in [-0.25, -0.2) is 4.39 Å². The normalized spacial score (nSPS) is 10.5. The smallest absolute Gasteiger partial charge is 0.243 e. The summed E-state index contributed by atoms with van der Waals surface area (Å²) in [4.78, 5) is 26.0. The Labute approximate surface area is 151 Å². The highest BCUT2D eigenvalue weighted by molar-refractivity contribution is 5.95. The zero-order chi connectivity index (χ0) is 18.5. The average Bonchev–Trinajstić information content (AvgIpc) is 2.64. The van der Waals surface area contributed by atoms with E-state index in [1.54, 1.807) is 7.05 Å². The molecule has 3 rings (SSSR count). The number of amides is 2. The quantitative estimate of drug-likeness (QED) is 0.764. The van der Waals surface area contributed by atoms with Crippen molar-refractivity contribution < 1.29 is 14.0 Å². The van der Waals surface area contributed by atoms with Crippen molar-refractivity contribution in [2.45, 2.75) is 6.42 Å². The molecule has 0 saturated carbocycles. The van der Waals surface area contributed by atoms with Gasteiger partial charge in [0.25, 0.3) is 0 Å². The van der Waals surface area contributed by atoms with Crippen LogP contribution in [0.5, 0.6) is 0 Å². The van der Waals surface area contributed by atoms with Crippen LogP contribution in [0, 0.1) is 5.82 Å². The Morgan fingerprint density at radius 2 is 1.65 bits per heavy atom. The molecule has 0 radical (unpaired) electrons. The first-order valence-corrected chi connectivity index (χ1v) is 8.29. The summed E-state index contributed by atoms with van der Waals surface area (Å²) in [6.45, 7) is -0.0685. The molecule has 3 aromatic rings. The lowest BCUT2D eigenvalue weighted by atomic mass is 10.0. The standard InChI is InChI=1S/C21H19FN2O2/c1-24(14-20(25)23-18-11-9-17(22)10-12-18)21(26)13-16-7-4-6-15-5-2-3-8-19(15)16/h2-12H,13-14H2,1H3,(H,23,25). The lowest BCUT2D eigenvalue weighted by Gasteiger charge is -2.17. The maximum atomic E-state index is 12.9. The van der Waals surface area contributed by atoms with Crippen LogP contribution in [-0.2, 0) is 16.0 Å². The first-order chi connectivity index (χ1) is 12.5. The van der Waals surface area contributed by atoms with E-state index in [1.807, 2.05) is 42.5 Å². The van der Waals surface area contributed by atoms with E-state index in [1.165, 1.54) is 29.2 Å². The molecule has 0 aliphatic rings. The maximum absolute atomic E-state index is 12.9. The van der Waals surface area contributed by atoms with Crippen molar-refractivity contribution in [1.29, 1.82) is 0 Å². The highest BCUT2D eigenvalue weighted by atomic mass is 19.1. The van der Waals surface area contributed by atoms with E-state index in [4.69, 9.17) is 0 Å². The first-order valence-electron chi connectivity index (χ1n) is 8.29. The minimum atomic E-state index is -0.370. The van der Waals surface area contributed by atoms with Gasteiger partial charge in [-0.15, -0.1) is 0 Å². The molecule has 0 heterocycles. The molecule has 0 spiro atoms. The molecule has 0 unspecified atom stereocenters. The number of carbonyl (C=O) groups is 2. The number of carbonyl (C=O) groups excluding carboxylic acids is 2. The summed E-state index contributed by atoms with van der Waals surface area (Å²) in [5, 5.41) is 4.76. The van der Waals surface area contributed by atoms with Gasteiger partial charge in [-0.2, -0.15) is 0 Å². The molecule has 3 aromatic carbocycles. The van der Waals surface area contributed by atoms with Gasteiger partial charge in [0.05, 0.1) is 13.0 Å². The molecule has 0 aliphatic heterocycles. The second kappa shape index (κ2) is 7.78. The minimum Gasteiger partial charge on any atom is -0.336 e. The number of hydrogen-bond donors (Lipinski definition) is 1. The van der Waals surface area contributed by atoms with Crippen molar-refractivity contribution in [2.75, 3.05) is 18.9 Å². The van der Waals surface area contributed by atoms with Gasteiger partial charge < -0.3 is 10.2 Å². The van der Waals surface area contributed by atoms with Crippen LogP contribution in [0.2, 0.25) is 0 Å². The molecule has 0 atom stereocenters. The Hall–Kier alpha value is -3.21. The largest absolute Gasteiger partial charge is 0.336 e. The predicted molar refractivity (Wildman–Crippen MR) is 100 cm³/mol. The van der Waals surface area contributed by atoms with Crippen LogP contribution >= 0.6 is 0 Å². The zero-order valence-corrected chi connectivity index (χ0v) is 14.4. The number of halogens is 1. The van der Waals surface area contributed by atoms with Crippen molar-refractivity contribution in [3.63, 3.8) is 0 Å². The monoisotopic (exact) mass is 350 g/mol. The molecule has 5 heteroatoms. The summed E-state index contributed by atoms with van der Waals surface area (Å²) in [6.07, 6.45) is 0.224. The van der Waals surface area contributed by atoms with E-state index < -0.39 is 0 Å². The van der Waals surface area contributed by atoms with Crippen LogP contribution in [0.25, 0.3) is 10.8 Å². The van der Waals surface area contributed by atoms with E-state index in [0.717, 1.165) is 16.3 Å². The van der Waals surface area contributed by atoms with Crippen LogP contribution in [0.4, 0.5) is 10.1 Å². The van der Waals surface area contributed by atoms with Gasteiger partial charge in [0.15, 0.2) is 0 Å². The summed E-state index contributed by atoms with van der Waals surface area (Å²) in [6, 6.07) is 19.2. The lowest BCUT2D eigenvalue weighted by molar-refractivity contribution is -0.132. The number of anilines is 1. The lowest BCUT2D eigenvalue weighted by Crippen LogP contribution is -2.35. The Bertz CT molecular complexity index is 933. The van der Waals surface area contributed by atoms with Gasteiger partial charge in [-0.05, 0) is 40.6 Å². The highest BCUT2D eigenvalue weighted by Crippen LogP contribution is 2.19. The third kappa shape index (κ3) is 4.25. The Morgan fingerprint density at radius 1 is 0.962 bits per heavy atom. The summed E-state index contributed by atoms with van der Waals surface area (Å²) in [5.41, 5.74) is 1.42. The topological polar surface area (TPSA) is 49.4 Å². The number of likely N-dealkylation sites (N-methyl/N-ethyl adjacent to an activating group) is 1. The SMILES string of the molecule is CN(CC(=O)Nc1ccc(F)cc1)C(=O)Cc1cccc2ccccc12. The Balaban J connectivity index is 1.62. The fraction of sp³-hybridized carbons (Fsp3) is 0.143. The van der Waals surface area contributed by atoms with Gasteiger partial charge in [-0.3, -0.25) is 9.59 Å². The second-order valence-corrected chi connectivity index (χ2v) is 6.12. The minimum absolute atomic E-state index is 0.0685. The summed E-state index contributed by atoms with van der Waals surface area (Å²) in [5.74, 6) is -0.841. The molecule has 2 amide bonds. The molecule has 0 aliphatic carbocycles. The highest BCUT2D eigenvalue weighted by Gasteiger charge is 2.15. The van der Waals surface area contributed by atoms with Crippen LogP contribution in [0.15, 0.2) is 66.7 Å². The molecular weight excluding hydrogens is 331 g/mol. The van der Waals surface area contributed by atoms with Crippen LogP contribution in [0.1, 0.15) is 5.56 Å². The maximum Gasteiger partial charge on any atom is 0.243 e. The number of benzene rings is 3. The molecule has 132 valence electrons. The van der Waals surface area contributed by atoms with E-state index in [-0.39, 0.29) is 30.6 Å². The molecule has 0 aromatic heterocycles. The van der Waals surface area contributed by atoms with Gasteiger partial charge in [0.2, 0.25) is 11.8 Å². The third-order valence-corrected chi connectivity index (χ3v) is 4.16. The van der Waals surface area contributed by atoms with Crippen LogP contribution in [0.3, 0.4) is 0 Å². The van der Waals surface area contributed by atoms with E-state index >= 15 is 0 Å². The first kappa shape index (κ1) is 17.6. The molecule has 4 nitrogen and oxygen atoms in total. The zero-order valence-electron chi connectivity index (χ0n) is 14.4. The second-order valence-electron chi connectivity index (χ2n) is 6.12. The van der Waals surface area contributed by atoms with E-state index in [0.29, 0.717) is 5.69 Å². The van der Waals surface area contributed by atoms with E-state index in [2.05, 4.69) is 5.32 Å². The number of nitrogens with one attached hydrogen (secondary N) is 1. The molecule has 1 N–H and O–H groups in total. The van der Waals surface area contributed by atoms with Crippen molar-refractivity contribution in [3.8, 4) is 0 Å². The van der Waals surface area contributed by atoms with Gasteiger partial charge in [0.1, 0.15) is 5.82 Å². The van der Waals surface area contributed by atoms with E-state index in [9.17, 15) is 14.0 Å². The predicted octanol–water partition coefficient (Wildman–Crippen LogP) is 3.62. The Morgan fingerprint density at radius 3 is 2.42 bits per heavy atom. The van der Waals surface area contributed by atoms with Gasteiger partial charge >= 0.3 is 0 Å². The summed E-state index contributed by atoms with van der Waals surface area (Å²) >= 11 is 0. The molecule has 26 heavy (non-hydrogen) atoms. The average molecular weight is 350 g/mol. The van der Waals surface area contributed by atoms with Crippen LogP contribution in [-0.4, -0.2) is 30.3 Å². The van der Waals surface area contributed by atoms with Crippen molar-refractivity contribution >= 4 is 28.3 Å². The summed E-state index contributed by atoms with van der Waals surface area (Å²) < 4.78 is 12.9. The number of hydrogen-bond acceptors (Lipinski definition) is 2. The third-order valence-electron chi connectivity index (χ3n) is 4.16. The molecule has 0 saturated heterocycles. The van der Waals surface area contributed by atoms with Crippen molar-refractivity contribution in [2.24, 2.45) is 0 Å². The number of fused-ring (bicyclic) bond motifs is 1. The van der Waals surface area contributed by atoms with Gasteiger partial charge in [-0.1, -0.05) is 42.5 Å². The summed E-state index contributed by atoms with van der Waals surface area (Å²) in [7, 11) is 1.59. The van der Waals surface area contributed by atoms with Crippen molar-refractivity contribution in [3.05, 3.63) is 78.1 Å². The number of rotatable bonds is 5. The molecule has 0 fully saturated rings. The van der Waals surface area contributed by atoms with Crippen LogP contribution < -0.4 is 5.32 Å². The molecular formula is C21H19FN2O2. The molecule has 0 bridgehead atoms. The Kier molecular flexibility index (Phi) is 5.27.